The van der Waals surface area contributed by atoms with Gasteiger partial charge >= 0.3 is 0 Å². The lowest BCUT2D eigenvalue weighted by atomic mass is 10.2. The fraction of sp³-hybridized carbons (Fsp3) is 0.0625. The van der Waals surface area contributed by atoms with Crippen molar-refractivity contribution in [3.05, 3.63) is 63.7 Å². The summed E-state index contributed by atoms with van der Waals surface area (Å²) in [6.45, 7) is 1.97. The summed E-state index contributed by atoms with van der Waals surface area (Å²) in [4.78, 5) is 23.9. The Morgan fingerprint density at radius 3 is 2.86 bits per heavy atom. The minimum atomic E-state index is -0.206. The number of rotatable bonds is 1. The third-order valence-electron chi connectivity index (χ3n) is 3.66. The summed E-state index contributed by atoms with van der Waals surface area (Å²) >= 11 is 6.02. The molecular weight excluding hydrogens is 300 g/mol. The predicted molar refractivity (Wildman–Crippen MR) is 86.3 cm³/mol. The maximum Gasteiger partial charge on any atom is 0.274 e. The van der Waals surface area contributed by atoms with Crippen molar-refractivity contribution in [2.24, 2.45) is 0 Å². The van der Waals surface area contributed by atoms with E-state index >= 15 is 0 Å². The number of hydrogen-bond acceptors (Lipinski definition) is 3. The van der Waals surface area contributed by atoms with Gasteiger partial charge in [0.15, 0.2) is 5.82 Å². The Hall–Kier alpha value is -2.66. The number of halogens is 1. The van der Waals surface area contributed by atoms with Crippen molar-refractivity contribution in [2.45, 2.75) is 6.92 Å². The molecule has 0 aliphatic carbocycles. The topological polar surface area (TPSA) is 63.0 Å². The van der Waals surface area contributed by atoms with E-state index in [1.165, 1.54) is 0 Å². The molecule has 0 saturated heterocycles. The van der Waals surface area contributed by atoms with E-state index in [1.54, 1.807) is 24.5 Å². The van der Waals surface area contributed by atoms with Crippen molar-refractivity contribution in [3.8, 4) is 11.5 Å². The number of aromatic amines is 1. The summed E-state index contributed by atoms with van der Waals surface area (Å²) in [5.74, 6) is 0.645. The van der Waals surface area contributed by atoms with Gasteiger partial charge in [-0.05, 0) is 36.8 Å². The lowest BCUT2D eigenvalue weighted by Crippen LogP contribution is -2.10. The number of nitrogens with zero attached hydrogens (tertiary/aromatic N) is 3. The molecule has 4 aromatic rings. The van der Waals surface area contributed by atoms with Gasteiger partial charge in [0.25, 0.3) is 5.56 Å². The molecule has 5 nitrogen and oxygen atoms in total. The zero-order chi connectivity index (χ0) is 15.3. The van der Waals surface area contributed by atoms with Crippen LogP contribution in [0.3, 0.4) is 0 Å². The maximum atomic E-state index is 12.3. The van der Waals surface area contributed by atoms with E-state index in [-0.39, 0.29) is 5.56 Å². The number of aromatic nitrogens is 4. The van der Waals surface area contributed by atoms with E-state index in [0.717, 1.165) is 16.8 Å². The van der Waals surface area contributed by atoms with E-state index in [2.05, 4.69) is 15.0 Å². The largest absolute Gasteiger partial charge is 0.319 e. The molecule has 4 rings (SSSR count). The quantitative estimate of drug-likeness (QED) is 0.587. The first-order valence-electron chi connectivity index (χ1n) is 6.76. The van der Waals surface area contributed by atoms with E-state index < -0.39 is 0 Å². The van der Waals surface area contributed by atoms with Gasteiger partial charge in [-0.2, -0.15) is 0 Å². The molecule has 0 spiro atoms. The van der Waals surface area contributed by atoms with Crippen LogP contribution in [0.2, 0.25) is 5.02 Å². The van der Waals surface area contributed by atoms with Gasteiger partial charge in [-0.15, -0.1) is 0 Å². The van der Waals surface area contributed by atoms with E-state index in [1.807, 2.05) is 29.5 Å². The van der Waals surface area contributed by atoms with Gasteiger partial charge in [0, 0.05) is 11.2 Å². The molecule has 0 fully saturated rings. The third-order valence-corrected chi connectivity index (χ3v) is 3.90. The minimum Gasteiger partial charge on any atom is -0.319 e. The molecule has 0 unspecified atom stereocenters. The fourth-order valence-electron chi connectivity index (χ4n) is 2.63. The monoisotopic (exact) mass is 310 g/mol. The number of benzene rings is 1. The first-order chi connectivity index (χ1) is 10.6. The maximum absolute atomic E-state index is 12.3. The lowest BCUT2D eigenvalue weighted by Gasteiger charge is -2.07. The van der Waals surface area contributed by atoms with Crippen LogP contribution in [0.1, 0.15) is 5.56 Å². The average molecular weight is 311 g/mol. The van der Waals surface area contributed by atoms with Crippen molar-refractivity contribution in [2.75, 3.05) is 0 Å². The van der Waals surface area contributed by atoms with Crippen LogP contribution < -0.4 is 5.56 Å². The summed E-state index contributed by atoms with van der Waals surface area (Å²) in [5.41, 5.74) is 3.52. The zero-order valence-corrected chi connectivity index (χ0v) is 12.4. The van der Waals surface area contributed by atoms with E-state index in [4.69, 9.17) is 11.6 Å². The van der Waals surface area contributed by atoms with Gasteiger partial charge in [0.1, 0.15) is 11.2 Å². The lowest BCUT2D eigenvalue weighted by molar-refractivity contribution is 1.13. The van der Waals surface area contributed by atoms with Crippen LogP contribution in [0.5, 0.6) is 0 Å². The number of hydrogen-bond donors (Lipinski definition) is 1. The Balaban J connectivity index is 2.20. The number of nitrogens with one attached hydrogen (secondary N) is 1. The predicted octanol–water partition coefficient (Wildman–Crippen LogP) is 3.20. The second-order valence-electron chi connectivity index (χ2n) is 5.09. The highest BCUT2D eigenvalue weighted by Crippen LogP contribution is 2.24. The van der Waals surface area contributed by atoms with Crippen LogP contribution in [0.4, 0.5) is 0 Å². The second kappa shape index (κ2) is 4.68. The van der Waals surface area contributed by atoms with Gasteiger partial charge in [0.2, 0.25) is 0 Å². The fourth-order valence-corrected chi connectivity index (χ4v) is 2.80. The van der Waals surface area contributed by atoms with Crippen LogP contribution in [-0.4, -0.2) is 19.4 Å². The molecule has 0 amide bonds. The Labute approximate surface area is 130 Å². The van der Waals surface area contributed by atoms with Crippen LogP contribution in [0, 0.1) is 6.92 Å². The molecule has 1 N–H and O–H groups in total. The standard InChI is InChI=1S/C16H11ClN4O/c1-9-3-2-6-18-14(9)15-19-8-13-16(22)20-11-7-10(17)4-5-12(11)21(13)15/h2-8H,1H3,(H,20,22). The number of imidazole rings is 1. The summed E-state index contributed by atoms with van der Waals surface area (Å²) in [7, 11) is 0. The summed E-state index contributed by atoms with van der Waals surface area (Å²) in [6.07, 6.45) is 3.28. The van der Waals surface area contributed by atoms with Crippen LogP contribution in [0.25, 0.3) is 28.1 Å². The SMILES string of the molecule is Cc1cccnc1-c1ncc2c(=O)[nH]c3cc(Cl)ccc3n12. The number of aryl methyl sites for hydroxylation is 1. The van der Waals surface area contributed by atoms with Crippen LogP contribution in [0.15, 0.2) is 47.5 Å². The second-order valence-corrected chi connectivity index (χ2v) is 5.52. The molecule has 3 heterocycles. The molecule has 0 bridgehead atoms. The molecule has 22 heavy (non-hydrogen) atoms. The molecule has 0 atom stereocenters. The van der Waals surface area contributed by atoms with E-state index in [0.29, 0.717) is 21.9 Å². The highest BCUT2D eigenvalue weighted by atomic mass is 35.5. The number of pyridine rings is 1. The molecule has 1 aromatic carbocycles. The summed E-state index contributed by atoms with van der Waals surface area (Å²) < 4.78 is 1.82. The third kappa shape index (κ3) is 1.83. The molecule has 0 aliphatic rings. The Morgan fingerprint density at radius 1 is 1.18 bits per heavy atom. The molecule has 6 heteroatoms. The molecule has 3 aromatic heterocycles. The minimum absolute atomic E-state index is 0.206. The van der Waals surface area contributed by atoms with Gasteiger partial charge in [-0.3, -0.25) is 14.2 Å². The van der Waals surface area contributed by atoms with E-state index in [9.17, 15) is 4.79 Å². The van der Waals surface area contributed by atoms with Crippen molar-refractivity contribution in [3.63, 3.8) is 0 Å². The molecule has 0 aliphatic heterocycles. The van der Waals surface area contributed by atoms with Crippen molar-refractivity contribution >= 4 is 28.2 Å². The van der Waals surface area contributed by atoms with Gasteiger partial charge in [0.05, 0.1) is 17.2 Å². The smallest absolute Gasteiger partial charge is 0.274 e. The highest BCUT2D eigenvalue weighted by Gasteiger charge is 2.15. The number of fused-ring (bicyclic) bond motifs is 3. The molecule has 108 valence electrons. The normalized spacial score (nSPS) is 11.4. The van der Waals surface area contributed by atoms with Gasteiger partial charge < -0.3 is 4.98 Å². The first kappa shape index (κ1) is 13.0. The first-order valence-corrected chi connectivity index (χ1v) is 7.14. The molecule has 0 saturated carbocycles. The van der Waals surface area contributed by atoms with Crippen molar-refractivity contribution in [1.82, 2.24) is 19.4 Å². The average Bonchev–Trinajstić information content (AvgIpc) is 2.93. The Bertz CT molecular complexity index is 1080. The number of H-pyrrole nitrogens is 1. The van der Waals surface area contributed by atoms with Crippen LogP contribution >= 0.6 is 11.6 Å². The molecular formula is C16H11ClN4O. The summed E-state index contributed by atoms with van der Waals surface area (Å²) in [5, 5.41) is 0.568. The highest BCUT2D eigenvalue weighted by molar-refractivity contribution is 6.31. The van der Waals surface area contributed by atoms with Crippen LogP contribution in [-0.2, 0) is 0 Å². The summed E-state index contributed by atoms with van der Waals surface area (Å²) in [6, 6.07) is 9.22. The molecule has 0 radical (unpaired) electrons. The Morgan fingerprint density at radius 2 is 2.05 bits per heavy atom. The van der Waals surface area contributed by atoms with Crippen molar-refractivity contribution < 1.29 is 0 Å². The zero-order valence-electron chi connectivity index (χ0n) is 11.7. The van der Waals surface area contributed by atoms with Gasteiger partial charge in [-0.1, -0.05) is 17.7 Å². The van der Waals surface area contributed by atoms with Gasteiger partial charge in [-0.25, -0.2) is 4.98 Å². The van der Waals surface area contributed by atoms with Crippen molar-refractivity contribution in [1.29, 1.82) is 0 Å². The Kier molecular flexibility index (Phi) is 2.77.